The van der Waals surface area contributed by atoms with E-state index in [-0.39, 0.29) is 24.3 Å². The number of hydrogen-bond donors (Lipinski definition) is 3. The highest BCUT2D eigenvalue weighted by Crippen LogP contribution is 2.13. The Kier molecular flexibility index (Phi) is 8.24. The molecule has 3 aromatic rings. The number of benzene rings is 2. The largest absolute Gasteiger partial charge is 0.467 e. The molecule has 0 bridgehead atoms. The molecule has 0 spiro atoms. The van der Waals surface area contributed by atoms with Crippen molar-refractivity contribution in [2.75, 3.05) is 31.3 Å². The second kappa shape index (κ2) is 11.5. The highest BCUT2D eigenvalue weighted by molar-refractivity contribution is 5.96. The molecule has 33 heavy (non-hydrogen) atoms. The number of aryl methyl sites for hydroxylation is 1. The van der Waals surface area contributed by atoms with E-state index in [9.17, 15) is 14.4 Å². The fourth-order valence-corrected chi connectivity index (χ4v) is 3.04. The minimum Gasteiger partial charge on any atom is -0.467 e. The fraction of sp³-hybridized carbons (Fsp3) is 0.240. The average Bonchev–Trinajstić information content (AvgIpc) is 3.34. The van der Waals surface area contributed by atoms with E-state index >= 15 is 0 Å². The Morgan fingerprint density at radius 2 is 1.61 bits per heavy atom. The van der Waals surface area contributed by atoms with Crippen LogP contribution in [0.5, 0.6) is 0 Å². The van der Waals surface area contributed by atoms with Crippen molar-refractivity contribution in [3.8, 4) is 0 Å². The summed E-state index contributed by atoms with van der Waals surface area (Å²) >= 11 is 0. The number of nitrogens with zero attached hydrogens (tertiary/aromatic N) is 1. The maximum absolute atomic E-state index is 12.2. The Hall–Kier alpha value is -4.07. The molecule has 0 aliphatic carbocycles. The highest BCUT2D eigenvalue weighted by atomic mass is 16.3. The lowest BCUT2D eigenvalue weighted by Gasteiger charge is -2.11. The second-order valence-corrected chi connectivity index (χ2v) is 7.73. The van der Waals surface area contributed by atoms with Crippen molar-refractivity contribution >= 4 is 29.1 Å². The van der Waals surface area contributed by atoms with Gasteiger partial charge in [-0.3, -0.25) is 14.4 Å². The molecular weight excluding hydrogens is 420 g/mol. The average molecular weight is 449 g/mol. The molecule has 3 N–H and O–H groups in total. The Balaban J connectivity index is 1.41. The zero-order valence-corrected chi connectivity index (χ0v) is 18.8. The zero-order chi connectivity index (χ0) is 23.6. The van der Waals surface area contributed by atoms with E-state index < -0.39 is 0 Å². The summed E-state index contributed by atoms with van der Waals surface area (Å²) in [6.07, 6.45) is 2.70. The number of furan rings is 1. The van der Waals surface area contributed by atoms with Gasteiger partial charge in [0.15, 0.2) is 0 Å². The summed E-state index contributed by atoms with van der Waals surface area (Å²) in [5.74, 6) is 0.344. The Bertz CT molecular complexity index is 1060. The number of rotatable bonds is 10. The van der Waals surface area contributed by atoms with Gasteiger partial charge < -0.3 is 25.3 Å². The monoisotopic (exact) mass is 448 g/mol. The third-order valence-corrected chi connectivity index (χ3v) is 4.97. The molecule has 8 nitrogen and oxygen atoms in total. The molecule has 0 radical (unpaired) electrons. The molecule has 0 fully saturated rings. The van der Waals surface area contributed by atoms with Crippen molar-refractivity contribution in [2.24, 2.45) is 0 Å². The first-order valence-electron chi connectivity index (χ1n) is 10.6. The van der Waals surface area contributed by atoms with Gasteiger partial charge in [-0.05, 0) is 60.5 Å². The van der Waals surface area contributed by atoms with Crippen molar-refractivity contribution in [3.63, 3.8) is 0 Å². The Morgan fingerprint density at radius 1 is 0.909 bits per heavy atom. The molecule has 172 valence electrons. The molecule has 0 aliphatic heterocycles. The molecule has 0 atom stereocenters. The van der Waals surface area contributed by atoms with E-state index in [1.54, 1.807) is 61.7 Å². The van der Waals surface area contributed by atoms with Crippen molar-refractivity contribution < 1.29 is 18.8 Å². The normalized spacial score (nSPS) is 10.4. The molecule has 3 rings (SSSR count). The molecular formula is C25H28N4O4. The summed E-state index contributed by atoms with van der Waals surface area (Å²) in [4.78, 5) is 37.7. The number of amides is 3. The molecule has 2 aromatic carbocycles. The quantitative estimate of drug-likeness (QED) is 0.442. The molecule has 0 unspecified atom stereocenters. The SMILES string of the molecule is CN(C)C(=O)CCc1ccc(NCC(=O)Nc2ccc(C(=O)NCc3ccco3)cc2)cc1. The maximum Gasteiger partial charge on any atom is 0.251 e. The van der Waals surface area contributed by atoms with Crippen LogP contribution >= 0.6 is 0 Å². The van der Waals surface area contributed by atoms with Gasteiger partial charge in [-0.1, -0.05) is 12.1 Å². The van der Waals surface area contributed by atoms with Crippen LogP contribution in [-0.4, -0.2) is 43.3 Å². The lowest BCUT2D eigenvalue weighted by molar-refractivity contribution is -0.128. The van der Waals surface area contributed by atoms with Crippen molar-refractivity contribution in [1.82, 2.24) is 10.2 Å². The molecule has 3 amide bonds. The van der Waals surface area contributed by atoms with Crippen LogP contribution in [0.2, 0.25) is 0 Å². The topological polar surface area (TPSA) is 104 Å². The van der Waals surface area contributed by atoms with Crippen LogP contribution in [-0.2, 0) is 22.6 Å². The molecule has 8 heteroatoms. The van der Waals surface area contributed by atoms with Gasteiger partial charge in [-0.15, -0.1) is 0 Å². The Morgan fingerprint density at radius 3 is 2.24 bits per heavy atom. The lowest BCUT2D eigenvalue weighted by atomic mass is 10.1. The number of anilines is 2. The first-order valence-corrected chi connectivity index (χ1v) is 10.6. The predicted molar refractivity (Wildman–Crippen MR) is 127 cm³/mol. The number of hydrogen-bond acceptors (Lipinski definition) is 5. The third kappa shape index (κ3) is 7.53. The van der Waals surface area contributed by atoms with Crippen LogP contribution < -0.4 is 16.0 Å². The molecule has 0 saturated carbocycles. The smallest absolute Gasteiger partial charge is 0.251 e. The minimum absolute atomic E-state index is 0.0939. The third-order valence-electron chi connectivity index (χ3n) is 4.97. The van der Waals surface area contributed by atoms with Gasteiger partial charge in [0, 0.05) is 37.5 Å². The Labute approximate surface area is 193 Å². The molecule has 1 heterocycles. The summed E-state index contributed by atoms with van der Waals surface area (Å²) in [5.41, 5.74) is 2.97. The van der Waals surface area contributed by atoms with Crippen LogP contribution in [0.15, 0.2) is 71.3 Å². The van der Waals surface area contributed by atoms with Crippen LogP contribution in [0.4, 0.5) is 11.4 Å². The van der Waals surface area contributed by atoms with Crippen molar-refractivity contribution in [3.05, 3.63) is 83.8 Å². The van der Waals surface area contributed by atoms with Crippen LogP contribution in [0, 0.1) is 0 Å². The van der Waals surface area contributed by atoms with Crippen LogP contribution in [0.25, 0.3) is 0 Å². The van der Waals surface area contributed by atoms with Crippen molar-refractivity contribution in [1.29, 1.82) is 0 Å². The van der Waals surface area contributed by atoms with Crippen molar-refractivity contribution in [2.45, 2.75) is 19.4 Å². The standard InChI is InChI=1S/C25H28N4O4/c1-29(2)24(31)14-7-18-5-10-20(11-6-18)26-17-23(30)28-21-12-8-19(9-13-21)25(32)27-16-22-4-3-15-33-22/h3-6,8-13,15,26H,7,14,16-17H2,1-2H3,(H,27,32)(H,28,30). The summed E-state index contributed by atoms with van der Waals surface area (Å²) in [5, 5.41) is 8.64. The summed E-state index contributed by atoms with van der Waals surface area (Å²) < 4.78 is 5.19. The van der Waals surface area contributed by atoms with E-state index in [1.807, 2.05) is 24.3 Å². The summed E-state index contributed by atoms with van der Waals surface area (Å²) in [6, 6.07) is 17.9. The van der Waals surface area contributed by atoms with E-state index in [4.69, 9.17) is 4.42 Å². The van der Waals surface area contributed by atoms with Gasteiger partial charge in [0.2, 0.25) is 11.8 Å². The molecule has 1 aromatic heterocycles. The van der Waals surface area contributed by atoms with E-state index in [1.165, 1.54) is 0 Å². The van der Waals surface area contributed by atoms with Gasteiger partial charge in [0.25, 0.3) is 5.91 Å². The minimum atomic E-state index is -0.222. The van der Waals surface area contributed by atoms with E-state index in [0.717, 1.165) is 11.3 Å². The summed E-state index contributed by atoms with van der Waals surface area (Å²) in [7, 11) is 3.49. The number of carbonyl (C=O) groups is 3. The number of nitrogens with one attached hydrogen (secondary N) is 3. The molecule has 0 aliphatic rings. The lowest BCUT2D eigenvalue weighted by Crippen LogP contribution is -2.23. The first kappa shape index (κ1) is 23.6. The predicted octanol–water partition coefficient (Wildman–Crippen LogP) is 3.28. The van der Waals surface area contributed by atoms with Gasteiger partial charge in [-0.25, -0.2) is 0 Å². The van der Waals surface area contributed by atoms with Gasteiger partial charge in [-0.2, -0.15) is 0 Å². The fourth-order valence-electron chi connectivity index (χ4n) is 3.04. The number of carbonyl (C=O) groups excluding carboxylic acids is 3. The van der Waals surface area contributed by atoms with E-state index in [2.05, 4.69) is 16.0 Å². The summed E-state index contributed by atoms with van der Waals surface area (Å²) in [6.45, 7) is 0.412. The highest BCUT2D eigenvalue weighted by Gasteiger charge is 2.08. The van der Waals surface area contributed by atoms with Gasteiger partial charge >= 0.3 is 0 Å². The van der Waals surface area contributed by atoms with Gasteiger partial charge in [0.1, 0.15) is 5.76 Å². The van der Waals surface area contributed by atoms with E-state index in [0.29, 0.717) is 36.4 Å². The van der Waals surface area contributed by atoms with Crippen LogP contribution in [0.1, 0.15) is 28.1 Å². The zero-order valence-electron chi connectivity index (χ0n) is 18.8. The second-order valence-electron chi connectivity index (χ2n) is 7.73. The maximum atomic E-state index is 12.2. The van der Waals surface area contributed by atoms with Gasteiger partial charge in [0.05, 0.1) is 19.4 Å². The first-order chi connectivity index (χ1) is 15.9. The molecule has 0 saturated heterocycles. The van der Waals surface area contributed by atoms with Crippen LogP contribution in [0.3, 0.4) is 0 Å².